The number of imidazole rings is 1. The Morgan fingerprint density at radius 2 is 1.94 bits per heavy atom. The molecule has 0 aliphatic carbocycles. The van der Waals surface area contributed by atoms with Crippen molar-refractivity contribution < 1.29 is 9.18 Å². The number of pyridine rings is 1. The zero-order valence-electron chi connectivity index (χ0n) is 18.1. The van der Waals surface area contributed by atoms with E-state index in [0.29, 0.717) is 23.4 Å². The normalized spacial score (nSPS) is 12.1. The van der Waals surface area contributed by atoms with Gasteiger partial charge in [-0.05, 0) is 48.7 Å². The maximum absolute atomic E-state index is 14.1. The van der Waals surface area contributed by atoms with E-state index in [0.717, 1.165) is 28.2 Å². The number of hydrogen-bond acceptors (Lipinski definition) is 4. The molecule has 0 fully saturated rings. The van der Waals surface area contributed by atoms with Crippen LogP contribution in [-0.2, 0) is 12.3 Å². The molecule has 32 heavy (non-hydrogen) atoms. The van der Waals surface area contributed by atoms with Crippen molar-refractivity contribution in [2.45, 2.75) is 43.8 Å². The summed E-state index contributed by atoms with van der Waals surface area (Å²) < 4.78 is 16.2. The number of nitrogens with zero attached hydrogens (tertiary/aromatic N) is 3. The number of halogens is 1. The average molecular weight is 449 g/mol. The number of carbonyl (C=O) groups excluding carboxylic acids is 1. The molecule has 4 aromatic rings. The van der Waals surface area contributed by atoms with Crippen LogP contribution >= 0.6 is 11.8 Å². The molecule has 0 aliphatic heterocycles. The van der Waals surface area contributed by atoms with Crippen LogP contribution in [0.1, 0.15) is 41.8 Å². The lowest BCUT2D eigenvalue weighted by atomic mass is 10.1. The van der Waals surface area contributed by atoms with Gasteiger partial charge in [-0.3, -0.25) is 9.78 Å². The SMILES string of the molecule is CC[C@H](C)NC(=O)c1ccc(Cn2c(SCc3ccccc3F)nc3ccncc32)cc1. The van der Waals surface area contributed by atoms with E-state index in [2.05, 4.69) is 14.9 Å². The predicted molar refractivity (Wildman–Crippen MR) is 126 cm³/mol. The van der Waals surface area contributed by atoms with Crippen LogP contribution in [0.2, 0.25) is 0 Å². The number of aromatic nitrogens is 3. The van der Waals surface area contributed by atoms with Crippen LogP contribution in [-0.4, -0.2) is 26.5 Å². The molecule has 1 N–H and O–H groups in total. The Bertz CT molecular complexity index is 1220. The van der Waals surface area contributed by atoms with E-state index in [-0.39, 0.29) is 17.8 Å². The third-order valence-corrected chi connectivity index (χ3v) is 6.40. The molecule has 1 amide bonds. The minimum Gasteiger partial charge on any atom is -0.350 e. The van der Waals surface area contributed by atoms with Gasteiger partial charge in [-0.2, -0.15) is 0 Å². The Labute approximate surface area is 191 Å². The molecule has 0 saturated carbocycles. The highest BCUT2D eigenvalue weighted by Gasteiger charge is 2.14. The van der Waals surface area contributed by atoms with Gasteiger partial charge in [-0.15, -0.1) is 0 Å². The molecule has 7 heteroatoms. The van der Waals surface area contributed by atoms with Gasteiger partial charge >= 0.3 is 0 Å². The van der Waals surface area contributed by atoms with Gasteiger partial charge in [-0.25, -0.2) is 9.37 Å². The van der Waals surface area contributed by atoms with Gasteiger partial charge in [0.2, 0.25) is 0 Å². The predicted octanol–water partition coefficient (Wildman–Crippen LogP) is 5.44. The lowest BCUT2D eigenvalue weighted by Crippen LogP contribution is -2.31. The Morgan fingerprint density at radius 1 is 1.16 bits per heavy atom. The van der Waals surface area contributed by atoms with Crippen molar-refractivity contribution in [2.75, 3.05) is 0 Å². The topological polar surface area (TPSA) is 59.8 Å². The number of amides is 1. The van der Waals surface area contributed by atoms with Crippen LogP contribution in [0.5, 0.6) is 0 Å². The van der Waals surface area contributed by atoms with Crippen LogP contribution in [0.15, 0.2) is 72.1 Å². The van der Waals surface area contributed by atoms with Gasteiger partial charge in [0.05, 0.1) is 23.8 Å². The van der Waals surface area contributed by atoms with Crippen molar-refractivity contribution >= 4 is 28.7 Å². The van der Waals surface area contributed by atoms with E-state index >= 15 is 0 Å². The molecule has 0 unspecified atom stereocenters. The summed E-state index contributed by atoms with van der Waals surface area (Å²) in [4.78, 5) is 21.3. The monoisotopic (exact) mass is 448 g/mol. The first kappa shape index (κ1) is 22.0. The second kappa shape index (κ2) is 9.96. The first-order valence-corrected chi connectivity index (χ1v) is 11.6. The molecule has 2 aromatic carbocycles. The molecular formula is C25H25FN4OS. The van der Waals surface area contributed by atoms with Crippen LogP contribution in [0.3, 0.4) is 0 Å². The first-order valence-electron chi connectivity index (χ1n) is 10.6. The lowest BCUT2D eigenvalue weighted by molar-refractivity contribution is 0.0939. The van der Waals surface area contributed by atoms with Crippen LogP contribution < -0.4 is 5.32 Å². The summed E-state index contributed by atoms with van der Waals surface area (Å²) in [6.07, 6.45) is 4.40. The van der Waals surface area contributed by atoms with Crippen molar-refractivity contribution in [3.8, 4) is 0 Å². The number of hydrogen-bond donors (Lipinski definition) is 1. The zero-order chi connectivity index (χ0) is 22.5. The number of nitrogens with one attached hydrogen (secondary N) is 1. The van der Waals surface area contributed by atoms with E-state index < -0.39 is 0 Å². The minimum atomic E-state index is -0.212. The number of carbonyl (C=O) groups is 1. The molecule has 0 bridgehead atoms. The van der Waals surface area contributed by atoms with Gasteiger partial charge in [0.25, 0.3) is 5.91 Å². The Kier molecular flexibility index (Phi) is 6.85. The Balaban J connectivity index is 1.56. The molecule has 2 heterocycles. The number of thioether (sulfide) groups is 1. The van der Waals surface area contributed by atoms with Gasteiger partial charge < -0.3 is 9.88 Å². The Hall–Kier alpha value is -3.19. The fourth-order valence-electron chi connectivity index (χ4n) is 3.32. The van der Waals surface area contributed by atoms with Gasteiger partial charge in [-0.1, -0.05) is 49.0 Å². The molecule has 0 aliphatic rings. The fraction of sp³-hybridized carbons (Fsp3) is 0.240. The first-order chi connectivity index (χ1) is 15.5. The van der Waals surface area contributed by atoms with Crippen LogP contribution in [0.25, 0.3) is 11.0 Å². The summed E-state index contributed by atoms with van der Waals surface area (Å²) in [5.41, 5.74) is 4.09. The quantitative estimate of drug-likeness (QED) is 0.365. The van der Waals surface area contributed by atoms with Crippen molar-refractivity contribution in [2.24, 2.45) is 0 Å². The Morgan fingerprint density at radius 3 is 2.69 bits per heavy atom. The second-order valence-corrected chi connectivity index (χ2v) is 8.65. The van der Waals surface area contributed by atoms with E-state index in [9.17, 15) is 9.18 Å². The fourth-order valence-corrected chi connectivity index (χ4v) is 4.32. The maximum Gasteiger partial charge on any atom is 0.251 e. The van der Waals surface area contributed by atoms with E-state index in [1.165, 1.54) is 17.8 Å². The molecule has 0 saturated heterocycles. The summed E-state index contributed by atoms with van der Waals surface area (Å²) in [6, 6.07) is 16.4. The molecule has 5 nitrogen and oxygen atoms in total. The highest BCUT2D eigenvalue weighted by atomic mass is 32.2. The molecule has 4 rings (SSSR count). The molecule has 1 atom stereocenters. The molecule has 0 radical (unpaired) electrons. The number of fused-ring (bicyclic) bond motifs is 1. The van der Waals surface area contributed by atoms with Gasteiger partial charge in [0, 0.05) is 23.6 Å². The number of rotatable bonds is 8. The molecule has 0 spiro atoms. The average Bonchev–Trinajstić information content (AvgIpc) is 3.16. The summed E-state index contributed by atoms with van der Waals surface area (Å²) in [5, 5.41) is 3.79. The maximum atomic E-state index is 14.1. The van der Waals surface area contributed by atoms with Gasteiger partial charge in [0.1, 0.15) is 5.82 Å². The molecule has 2 aromatic heterocycles. The van der Waals surface area contributed by atoms with E-state index in [1.54, 1.807) is 24.5 Å². The lowest BCUT2D eigenvalue weighted by Gasteiger charge is -2.12. The smallest absolute Gasteiger partial charge is 0.251 e. The minimum absolute atomic E-state index is 0.0655. The van der Waals surface area contributed by atoms with E-state index in [1.807, 2.05) is 50.2 Å². The van der Waals surface area contributed by atoms with Crippen molar-refractivity contribution in [1.82, 2.24) is 19.9 Å². The van der Waals surface area contributed by atoms with Crippen molar-refractivity contribution in [3.63, 3.8) is 0 Å². The molecular weight excluding hydrogens is 423 g/mol. The van der Waals surface area contributed by atoms with Crippen LogP contribution in [0, 0.1) is 5.82 Å². The van der Waals surface area contributed by atoms with Gasteiger partial charge in [0.15, 0.2) is 5.16 Å². The second-order valence-electron chi connectivity index (χ2n) is 7.70. The highest BCUT2D eigenvalue weighted by molar-refractivity contribution is 7.98. The number of benzene rings is 2. The summed E-state index contributed by atoms with van der Waals surface area (Å²) in [5.74, 6) is 0.206. The largest absolute Gasteiger partial charge is 0.350 e. The summed E-state index contributed by atoms with van der Waals surface area (Å²) in [7, 11) is 0. The zero-order valence-corrected chi connectivity index (χ0v) is 18.9. The third-order valence-electron chi connectivity index (χ3n) is 5.38. The third kappa shape index (κ3) is 4.99. The van der Waals surface area contributed by atoms with E-state index in [4.69, 9.17) is 4.98 Å². The summed E-state index contributed by atoms with van der Waals surface area (Å²) in [6.45, 7) is 4.61. The highest BCUT2D eigenvalue weighted by Crippen LogP contribution is 2.28. The molecule has 164 valence electrons. The van der Waals surface area contributed by atoms with Crippen LogP contribution in [0.4, 0.5) is 4.39 Å². The van der Waals surface area contributed by atoms with Crippen molar-refractivity contribution in [3.05, 3.63) is 89.5 Å². The standard InChI is InChI=1S/C25H25FN4OS/c1-3-17(2)28-24(31)19-10-8-18(9-11-19)15-30-23-14-27-13-12-22(23)29-25(30)32-16-20-6-4-5-7-21(20)26/h4-14,17H,3,15-16H2,1-2H3,(H,28,31)/t17-/m0/s1. The summed E-state index contributed by atoms with van der Waals surface area (Å²) >= 11 is 1.50. The van der Waals surface area contributed by atoms with Crippen molar-refractivity contribution in [1.29, 1.82) is 0 Å².